The number of hydrogen-bond donors (Lipinski definition) is 1. The molecular formula is C14H20N2S2. The van der Waals surface area contributed by atoms with Gasteiger partial charge >= 0.3 is 0 Å². The molecule has 0 aliphatic rings. The van der Waals surface area contributed by atoms with Crippen molar-refractivity contribution in [3.05, 3.63) is 37.5 Å². The van der Waals surface area contributed by atoms with E-state index in [1.165, 1.54) is 15.3 Å². The van der Waals surface area contributed by atoms with Gasteiger partial charge in [-0.2, -0.15) is 0 Å². The molecule has 2 nitrogen and oxygen atoms in total. The summed E-state index contributed by atoms with van der Waals surface area (Å²) in [5.74, 6) is 0. The molecule has 1 atom stereocenters. The predicted molar refractivity (Wildman–Crippen MR) is 80.8 cm³/mol. The zero-order chi connectivity index (χ0) is 13.1. The van der Waals surface area contributed by atoms with Gasteiger partial charge in [-0.1, -0.05) is 6.92 Å². The lowest BCUT2D eigenvalue weighted by Gasteiger charge is -2.18. The van der Waals surface area contributed by atoms with Gasteiger partial charge in [0.15, 0.2) is 0 Å². The first-order valence-corrected chi connectivity index (χ1v) is 8.04. The zero-order valence-electron chi connectivity index (χ0n) is 11.4. The molecule has 4 heteroatoms. The summed E-state index contributed by atoms with van der Waals surface area (Å²) in [6.45, 7) is 9.63. The third-order valence-corrected chi connectivity index (χ3v) is 5.01. The third-order valence-electron chi connectivity index (χ3n) is 3.01. The van der Waals surface area contributed by atoms with Gasteiger partial charge in [-0.05, 0) is 50.7 Å². The van der Waals surface area contributed by atoms with Crippen molar-refractivity contribution in [3.63, 3.8) is 0 Å². The molecule has 0 aromatic carbocycles. The quantitative estimate of drug-likeness (QED) is 0.887. The van der Waals surface area contributed by atoms with Gasteiger partial charge in [-0.3, -0.25) is 0 Å². The molecule has 0 saturated heterocycles. The van der Waals surface area contributed by atoms with E-state index in [-0.39, 0.29) is 0 Å². The van der Waals surface area contributed by atoms with Gasteiger partial charge in [0.1, 0.15) is 0 Å². The Morgan fingerprint density at radius 2 is 2.11 bits per heavy atom. The van der Waals surface area contributed by atoms with Crippen LogP contribution in [-0.4, -0.2) is 11.5 Å². The minimum absolute atomic E-state index is 0.308. The summed E-state index contributed by atoms with van der Waals surface area (Å²) in [6, 6.07) is 2.55. The van der Waals surface area contributed by atoms with Crippen molar-refractivity contribution < 1.29 is 0 Å². The summed E-state index contributed by atoms with van der Waals surface area (Å²) < 4.78 is 0. The molecule has 2 aromatic rings. The molecule has 0 amide bonds. The fraction of sp³-hybridized carbons (Fsp3) is 0.500. The molecule has 1 N–H and O–H groups in total. The van der Waals surface area contributed by atoms with Crippen LogP contribution in [0.5, 0.6) is 0 Å². The molecule has 0 spiro atoms. The maximum Gasteiger partial charge on any atom is 0.0900 e. The van der Waals surface area contributed by atoms with E-state index in [9.17, 15) is 0 Å². The standard InChI is InChI=1S/C14H20N2S2/c1-5-7-15-13(12-6-8-17-10(12)3)14-9(2)16-11(4)18-14/h6,8,13,15H,5,7H2,1-4H3. The lowest BCUT2D eigenvalue weighted by Crippen LogP contribution is -2.23. The minimum Gasteiger partial charge on any atom is -0.306 e. The Labute approximate surface area is 117 Å². The Bertz CT molecular complexity index is 514. The number of nitrogens with one attached hydrogen (secondary N) is 1. The van der Waals surface area contributed by atoms with Gasteiger partial charge < -0.3 is 5.32 Å². The number of nitrogens with zero attached hydrogens (tertiary/aromatic N) is 1. The average Bonchev–Trinajstić information content (AvgIpc) is 2.87. The molecule has 0 bridgehead atoms. The average molecular weight is 280 g/mol. The SMILES string of the molecule is CCCNC(c1ccsc1C)c1sc(C)nc1C. The minimum atomic E-state index is 0.308. The molecule has 0 fully saturated rings. The fourth-order valence-corrected chi connectivity index (χ4v) is 3.90. The Kier molecular flexibility index (Phi) is 4.54. The van der Waals surface area contributed by atoms with Crippen LogP contribution in [0, 0.1) is 20.8 Å². The van der Waals surface area contributed by atoms with E-state index in [2.05, 4.69) is 49.4 Å². The van der Waals surface area contributed by atoms with Crippen LogP contribution in [-0.2, 0) is 0 Å². The van der Waals surface area contributed by atoms with Gasteiger partial charge in [0.05, 0.1) is 16.7 Å². The van der Waals surface area contributed by atoms with Gasteiger partial charge in [0, 0.05) is 9.75 Å². The molecule has 2 rings (SSSR count). The van der Waals surface area contributed by atoms with Crippen LogP contribution in [0.4, 0.5) is 0 Å². The highest BCUT2D eigenvalue weighted by atomic mass is 32.1. The van der Waals surface area contributed by atoms with Crippen LogP contribution in [0.25, 0.3) is 0 Å². The zero-order valence-corrected chi connectivity index (χ0v) is 13.0. The molecule has 0 aliphatic carbocycles. The summed E-state index contributed by atoms with van der Waals surface area (Å²) in [5, 5.41) is 6.99. The number of thiazole rings is 1. The van der Waals surface area contributed by atoms with Crippen molar-refractivity contribution in [2.75, 3.05) is 6.54 Å². The molecular weight excluding hydrogens is 260 g/mol. The van der Waals surface area contributed by atoms with Gasteiger partial charge in [0.25, 0.3) is 0 Å². The molecule has 98 valence electrons. The summed E-state index contributed by atoms with van der Waals surface area (Å²) in [7, 11) is 0. The lowest BCUT2D eigenvalue weighted by atomic mass is 10.1. The van der Waals surface area contributed by atoms with E-state index >= 15 is 0 Å². The van der Waals surface area contributed by atoms with E-state index in [0.29, 0.717) is 6.04 Å². The highest BCUT2D eigenvalue weighted by molar-refractivity contribution is 7.12. The highest BCUT2D eigenvalue weighted by Crippen LogP contribution is 2.33. The second kappa shape index (κ2) is 5.95. The first-order chi connectivity index (χ1) is 8.63. The number of thiophene rings is 1. The second-order valence-corrected chi connectivity index (χ2v) is 6.86. The molecule has 2 aromatic heterocycles. The maximum absolute atomic E-state index is 4.56. The normalized spacial score (nSPS) is 12.9. The summed E-state index contributed by atoms with van der Waals surface area (Å²) in [4.78, 5) is 7.32. The summed E-state index contributed by atoms with van der Waals surface area (Å²) >= 11 is 3.63. The number of rotatable bonds is 5. The highest BCUT2D eigenvalue weighted by Gasteiger charge is 2.20. The van der Waals surface area contributed by atoms with Crippen LogP contribution in [0.3, 0.4) is 0 Å². The van der Waals surface area contributed by atoms with Crippen LogP contribution < -0.4 is 5.32 Å². The van der Waals surface area contributed by atoms with Crippen LogP contribution >= 0.6 is 22.7 Å². The second-order valence-electron chi connectivity index (χ2n) is 4.50. The van der Waals surface area contributed by atoms with Gasteiger partial charge in [-0.15, -0.1) is 22.7 Å². The van der Waals surface area contributed by atoms with Crippen LogP contribution in [0.2, 0.25) is 0 Å². The topological polar surface area (TPSA) is 24.9 Å². The first-order valence-electron chi connectivity index (χ1n) is 6.34. The maximum atomic E-state index is 4.56. The fourth-order valence-electron chi connectivity index (χ4n) is 2.14. The number of hydrogen-bond acceptors (Lipinski definition) is 4. The summed E-state index contributed by atoms with van der Waals surface area (Å²) in [6.07, 6.45) is 1.15. The van der Waals surface area contributed by atoms with Crippen molar-refractivity contribution >= 4 is 22.7 Å². The third kappa shape index (κ3) is 2.82. The molecule has 1 unspecified atom stereocenters. The van der Waals surface area contributed by atoms with Crippen LogP contribution in [0.1, 0.15) is 45.4 Å². The molecule has 0 saturated carbocycles. The summed E-state index contributed by atoms with van der Waals surface area (Å²) in [5.41, 5.74) is 2.57. The van der Waals surface area contributed by atoms with E-state index in [0.717, 1.165) is 23.7 Å². The molecule has 0 aliphatic heterocycles. The van der Waals surface area contributed by atoms with Crippen molar-refractivity contribution in [2.24, 2.45) is 0 Å². The van der Waals surface area contributed by atoms with Gasteiger partial charge in [-0.25, -0.2) is 4.98 Å². The number of aromatic nitrogens is 1. The largest absolute Gasteiger partial charge is 0.306 e. The van der Waals surface area contributed by atoms with E-state index < -0.39 is 0 Å². The predicted octanol–water partition coefficient (Wildman–Crippen LogP) is 4.22. The van der Waals surface area contributed by atoms with Crippen molar-refractivity contribution in [1.82, 2.24) is 10.3 Å². The van der Waals surface area contributed by atoms with E-state index in [1.807, 2.05) is 22.7 Å². The Morgan fingerprint density at radius 3 is 2.61 bits per heavy atom. The Balaban J connectivity index is 2.37. The van der Waals surface area contributed by atoms with Gasteiger partial charge in [0.2, 0.25) is 0 Å². The Morgan fingerprint density at radius 1 is 1.33 bits per heavy atom. The first kappa shape index (κ1) is 13.7. The van der Waals surface area contributed by atoms with E-state index in [4.69, 9.17) is 0 Å². The van der Waals surface area contributed by atoms with E-state index in [1.54, 1.807) is 0 Å². The van der Waals surface area contributed by atoms with Crippen molar-refractivity contribution in [3.8, 4) is 0 Å². The smallest absolute Gasteiger partial charge is 0.0900 e. The Hall–Kier alpha value is -0.710. The molecule has 0 radical (unpaired) electrons. The van der Waals surface area contributed by atoms with Crippen molar-refractivity contribution in [2.45, 2.75) is 40.2 Å². The monoisotopic (exact) mass is 280 g/mol. The van der Waals surface area contributed by atoms with Crippen molar-refractivity contribution in [1.29, 1.82) is 0 Å². The number of aryl methyl sites for hydroxylation is 3. The lowest BCUT2D eigenvalue weighted by molar-refractivity contribution is 0.602. The molecule has 18 heavy (non-hydrogen) atoms. The van der Waals surface area contributed by atoms with Crippen LogP contribution in [0.15, 0.2) is 11.4 Å². The molecule has 2 heterocycles.